The second-order valence-electron chi connectivity index (χ2n) is 11.6. The number of hydrogen-bond donors (Lipinski definition) is 2. The predicted octanol–water partition coefficient (Wildman–Crippen LogP) is 7.07. The van der Waals surface area contributed by atoms with Gasteiger partial charge < -0.3 is 24.4 Å². The van der Waals surface area contributed by atoms with Crippen molar-refractivity contribution in [2.45, 2.75) is 31.6 Å². The zero-order valence-corrected chi connectivity index (χ0v) is 27.8. The van der Waals surface area contributed by atoms with Crippen molar-refractivity contribution in [1.29, 1.82) is 0 Å². The van der Waals surface area contributed by atoms with E-state index in [9.17, 15) is 9.59 Å². The summed E-state index contributed by atoms with van der Waals surface area (Å²) in [5.74, 6) is 1.77. The van der Waals surface area contributed by atoms with Gasteiger partial charge in [0.2, 0.25) is 5.88 Å². The maximum atomic E-state index is 13.0. The van der Waals surface area contributed by atoms with Crippen LogP contribution in [0.25, 0.3) is 10.9 Å². The van der Waals surface area contributed by atoms with Crippen LogP contribution in [-0.4, -0.2) is 65.2 Å². The van der Waals surface area contributed by atoms with Crippen LogP contribution < -0.4 is 25.0 Å². The van der Waals surface area contributed by atoms with Crippen LogP contribution in [0.2, 0.25) is 0 Å². The van der Waals surface area contributed by atoms with Gasteiger partial charge in [0.05, 0.1) is 24.6 Å². The zero-order chi connectivity index (χ0) is 33.5. The van der Waals surface area contributed by atoms with Crippen LogP contribution in [0.4, 0.5) is 10.5 Å². The summed E-state index contributed by atoms with van der Waals surface area (Å²) in [4.78, 5) is 37.1. The van der Waals surface area contributed by atoms with E-state index >= 15 is 0 Å². The Hall–Kier alpha value is -5.07. The maximum Gasteiger partial charge on any atom is 0.338 e. The van der Waals surface area contributed by atoms with Gasteiger partial charge in [-0.3, -0.25) is 4.79 Å². The van der Waals surface area contributed by atoms with E-state index in [1.165, 1.54) is 28.7 Å². The summed E-state index contributed by atoms with van der Waals surface area (Å²) in [5, 5.41) is 6.23. The Morgan fingerprint density at radius 1 is 1.04 bits per heavy atom. The van der Waals surface area contributed by atoms with Crippen molar-refractivity contribution in [2.24, 2.45) is 0 Å². The minimum absolute atomic E-state index is 0.270. The molecule has 3 amide bonds. The molecule has 1 aromatic heterocycles. The summed E-state index contributed by atoms with van der Waals surface area (Å²) in [6, 6.07) is 19.5. The first kappa shape index (κ1) is 32.9. The lowest BCUT2D eigenvalue weighted by atomic mass is 10.1. The molecule has 0 saturated carbocycles. The minimum atomic E-state index is -0.544. The van der Waals surface area contributed by atoms with Gasteiger partial charge in [0, 0.05) is 37.0 Å². The van der Waals surface area contributed by atoms with Crippen LogP contribution in [-0.2, 0) is 4.79 Å². The summed E-state index contributed by atoms with van der Waals surface area (Å²) >= 11 is 1.46. The molecule has 48 heavy (non-hydrogen) atoms. The van der Waals surface area contributed by atoms with Crippen LogP contribution in [0.15, 0.2) is 96.2 Å². The first-order valence-corrected chi connectivity index (χ1v) is 16.7. The molecule has 3 heterocycles. The fourth-order valence-electron chi connectivity index (χ4n) is 5.47. The largest absolute Gasteiger partial charge is 0.493 e. The molecule has 1 saturated heterocycles. The number of methoxy groups -OCH3 is 1. The van der Waals surface area contributed by atoms with Gasteiger partial charge in [-0.05, 0) is 67.5 Å². The van der Waals surface area contributed by atoms with Crippen molar-refractivity contribution in [3.63, 3.8) is 0 Å². The molecule has 4 aromatic rings. The number of anilines is 1. The van der Waals surface area contributed by atoms with E-state index < -0.39 is 6.03 Å². The Morgan fingerprint density at radius 3 is 2.56 bits per heavy atom. The molecule has 6 rings (SSSR count). The number of nitrogens with zero attached hydrogens (tertiary/aromatic N) is 4. The number of rotatable bonds is 11. The number of amides is 3. The number of nitrogens with one attached hydrogen (secondary N) is 2. The molecule has 2 aliphatic rings. The summed E-state index contributed by atoms with van der Waals surface area (Å²) in [5.41, 5.74) is 6.67. The van der Waals surface area contributed by atoms with E-state index in [1.807, 2.05) is 47.9 Å². The molecule has 2 N–H and O–H groups in total. The van der Waals surface area contributed by atoms with Crippen molar-refractivity contribution in [2.75, 3.05) is 38.7 Å². The van der Waals surface area contributed by atoms with Crippen LogP contribution >= 0.6 is 11.8 Å². The van der Waals surface area contributed by atoms with E-state index in [1.54, 1.807) is 38.3 Å². The van der Waals surface area contributed by atoms with Crippen LogP contribution in [0.5, 0.6) is 23.1 Å². The number of piperidine rings is 1. The molecule has 12 heteroatoms. The second-order valence-corrected chi connectivity index (χ2v) is 12.5. The molecule has 3 aromatic carbocycles. The third kappa shape index (κ3) is 7.89. The molecule has 1 fully saturated rings. The molecule has 2 aliphatic heterocycles. The summed E-state index contributed by atoms with van der Waals surface area (Å²) in [6.07, 6.45) is 4.48. The van der Waals surface area contributed by atoms with E-state index in [2.05, 4.69) is 32.2 Å². The number of fused-ring (bicyclic) bond motifs is 1. The summed E-state index contributed by atoms with van der Waals surface area (Å²) in [6.45, 7) is 9.46. The van der Waals surface area contributed by atoms with Gasteiger partial charge >= 0.3 is 6.03 Å². The van der Waals surface area contributed by atoms with Crippen LogP contribution in [0.3, 0.4) is 0 Å². The zero-order valence-electron chi connectivity index (χ0n) is 27.0. The Balaban J connectivity index is 1.07. The van der Waals surface area contributed by atoms with Crippen LogP contribution in [0.1, 0.15) is 37.1 Å². The molecular weight excluding hydrogens is 629 g/mol. The van der Waals surface area contributed by atoms with Crippen LogP contribution in [0, 0.1) is 0 Å². The Bertz CT molecular complexity index is 1810. The average Bonchev–Trinajstić information content (AvgIpc) is 3.10. The van der Waals surface area contributed by atoms with Crippen molar-refractivity contribution < 1.29 is 23.8 Å². The lowest BCUT2D eigenvalue weighted by Crippen LogP contribution is -2.50. The van der Waals surface area contributed by atoms with Gasteiger partial charge in [-0.25, -0.2) is 25.2 Å². The van der Waals surface area contributed by atoms with Crippen molar-refractivity contribution in [3.05, 3.63) is 102 Å². The number of carbonyl (C=O) groups is 2. The van der Waals surface area contributed by atoms with E-state index in [0.29, 0.717) is 51.9 Å². The first-order chi connectivity index (χ1) is 23.4. The highest BCUT2D eigenvalue weighted by Gasteiger charge is 2.31. The molecule has 1 unspecified atom stereocenters. The van der Waals surface area contributed by atoms with Gasteiger partial charge in [0.15, 0.2) is 11.5 Å². The smallest absolute Gasteiger partial charge is 0.338 e. The van der Waals surface area contributed by atoms with Crippen molar-refractivity contribution >= 4 is 40.3 Å². The number of urea groups is 1. The molecular formula is C36H38N6O5S. The van der Waals surface area contributed by atoms with Gasteiger partial charge in [0.25, 0.3) is 5.91 Å². The van der Waals surface area contributed by atoms with E-state index in [4.69, 9.17) is 14.2 Å². The molecule has 0 radical (unpaired) electrons. The van der Waals surface area contributed by atoms with Crippen molar-refractivity contribution in [3.8, 4) is 23.1 Å². The Morgan fingerprint density at radius 2 is 1.81 bits per heavy atom. The third-order valence-corrected chi connectivity index (χ3v) is 9.35. The number of aromatic nitrogens is 2. The SMILES string of the molecule is C=C1CCN(CCCOc2cc3ncnc(Oc4ccc(NC(=O)NN5C(=O)C(C)=CSC5c5ccccc5)cc4)c3cc2OC)CC1. The molecule has 11 nitrogen and oxygen atoms in total. The highest BCUT2D eigenvalue weighted by Crippen LogP contribution is 2.38. The van der Waals surface area contributed by atoms with Gasteiger partial charge in [-0.1, -0.05) is 42.5 Å². The molecule has 0 aliphatic carbocycles. The lowest BCUT2D eigenvalue weighted by Gasteiger charge is -2.34. The van der Waals surface area contributed by atoms with E-state index in [-0.39, 0.29) is 11.3 Å². The molecule has 248 valence electrons. The topological polar surface area (TPSA) is 118 Å². The summed E-state index contributed by atoms with van der Waals surface area (Å²) in [7, 11) is 1.60. The third-order valence-electron chi connectivity index (χ3n) is 8.12. The number of hydrogen-bond acceptors (Lipinski definition) is 9. The molecule has 0 spiro atoms. The monoisotopic (exact) mass is 666 g/mol. The fraction of sp³-hybridized carbons (Fsp3) is 0.278. The standard InChI is InChI=1S/C36H38N6O5S/c1-24-14-17-41(18-15-24)16-7-19-46-32-21-30-29(20-31(32)45-3)33(38-23-37-30)47-28-12-10-27(11-13-28)39-36(44)40-42-34(43)25(2)22-48-35(42)26-8-5-4-6-9-26/h4-6,8-13,20-23,35H,1,7,14-19H2,2-3H3,(H2,39,40,44). The lowest BCUT2D eigenvalue weighted by molar-refractivity contribution is -0.130. The van der Waals surface area contributed by atoms with Crippen molar-refractivity contribution in [1.82, 2.24) is 25.3 Å². The Labute approximate surface area is 283 Å². The summed E-state index contributed by atoms with van der Waals surface area (Å²) < 4.78 is 17.9. The van der Waals surface area contributed by atoms with Gasteiger partial charge in [0.1, 0.15) is 17.5 Å². The number of ether oxygens (including phenoxy) is 3. The number of benzene rings is 3. The van der Waals surface area contributed by atoms with E-state index in [0.717, 1.165) is 44.5 Å². The quantitative estimate of drug-likeness (QED) is 0.128. The number of thioether (sulfide) groups is 1. The number of carbonyl (C=O) groups excluding carboxylic acids is 2. The highest BCUT2D eigenvalue weighted by molar-refractivity contribution is 8.02. The molecule has 1 atom stereocenters. The Kier molecular flexibility index (Phi) is 10.4. The predicted molar refractivity (Wildman–Crippen MR) is 187 cm³/mol. The molecule has 0 bridgehead atoms. The van der Waals surface area contributed by atoms with Gasteiger partial charge in [-0.2, -0.15) is 0 Å². The fourth-order valence-corrected chi connectivity index (χ4v) is 6.49. The normalized spacial score (nSPS) is 16.8. The maximum absolute atomic E-state index is 13.0. The minimum Gasteiger partial charge on any atom is -0.493 e. The second kappa shape index (κ2) is 15.2. The first-order valence-electron chi connectivity index (χ1n) is 15.8. The number of hydrazine groups is 1. The highest BCUT2D eigenvalue weighted by atomic mass is 32.2. The van der Waals surface area contributed by atoms with Gasteiger partial charge in [-0.15, -0.1) is 11.8 Å². The number of likely N-dealkylation sites (tertiary alicyclic amines) is 1. The average molecular weight is 667 g/mol.